The predicted molar refractivity (Wildman–Crippen MR) is 73.8 cm³/mol. The van der Waals surface area contributed by atoms with Crippen LogP contribution in [0, 0.1) is 11.6 Å². The molecule has 0 saturated carbocycles. The van der Waals surface area contributed by atoms with E-state index in [0.717, 1.165) is 12.1 Å². The van der Waals surface area contributed by atoms with E-state index >= 15 is 0 Å². The Morgan fingerprint density at radius 2 is 1.76 bits per heavy atom. The fourth-order valence-corrected chi connectivity index (χ4v) is 1.67. The summed E-state index contributed by atoms with van der Waals surface area (Å²) in [6.07, 6.45) is 0. The molecule has 0 aliphatic rings. The van der Waals surface area contributed by atoms with Crippen molar-refractivity contribution in [2.45, 2.75) is 0 Å². The first-order chi connectivity index (χ1) is 10.1. The van der Waals surface area contributed by atoms with Crippen LogP contribution in [0.4, 0.5) is 14.5 Å². The second-order valence-corrected chi connectivity index (χ2v) is 4.22. The lowest BCUT2D eigenvalue weighted by Crippen LogP contribution is -2.33. The van der Waals surface area contributed by atoms with Crippen LogP contribution in [-0.2, 0) is 4.79 Å². The zero-order valence-corrected chi connectivity index (χ0v) is 10.9. The molecule has 2 aromatic rings. The first kappa shape index (κ1) is 14.6. The molecule has 0 heterocycles. The van der Waals surface area contributed by atoms with Crippen molar-refractivity contribution in [3.8, 4) is 0 Å². The molecular weight excluding hydrogens is 278 g/mol. The highest BCUT2D eigenvalue weighted by atomic mass is 19.1. The fourth-order valence-electron chi connectivity index (χ4n) is 1.67. The predicted octanol–water partition coefficient (Wildman–Crippen LogP) is 2.33. The molecule has 2 rings (SSSR count). The smallest absolute Gasteiger partial charge is 0.254 e. The Morgan fingerprint density at radius 3 is 2.48 bits per heavy atom. The number of carbonyl (C=O) groups is 2. The van der Waals surface area contributed by atoms with Crippen molar-refractivity contribution in [3.63, 3.8) is 0 Å². The molecule has 0 saturated heterocycles. The van der Waals surface area contributed by atoms with E-state index in [2.05, 4.69) is 10.6 Å². The SMILES string of the molecule is O=C(CNC(=O)c1ccccc1F)Nc1cccc(F)c1. The van der Waals surface area contributed by atoms with E-state index in [0.29, 0.717) is 0 Å². The normalized spacial score (nSPS) is 10.0. The summed E-state index contributed by atoms with van der Waals surface area (Å²) in [6.45, 7) is -0.344. The van der Waals surface area contributed by atoms with Gasteiger partial charge in [0.15, 0.2) is 0 Å². The van der Waals surface area contributed by atoms with Crippen molar-refractivity contribution in [3.05, 3.63) is 65.7 Å². The first-order valence-electron chi connectivity index (χ1n) is 6.14. The van der Waals surface area contributed by atoms with E-state index < -0.39 is 23.4 Å². The monoisotopic (exact) mass is 290 g/mol. The average Bonchev–Trinajstić information content (AvgIpc) is 2.45. The molecule has 2 N–H and O–H groups in total. The van der Waals surface area contributed by atoms with Crippen LogP contribution in [0.1, 0.15) is 10.4 Å². The zero-order valence-electron chi connectivity index (χ0n) is 10.9. The Hall–Kier alpha value is -2.76. The van der Waals surface area contributed by atoms with Gasteiger partial charge in [0.25, 0.3) is 5.91 Å². The Balaban J connectivity index is 1.90. The molecule has 2 aromatic carbocycles. The molecular formula is C15H12F2N2O2. The summed E-state index contributed by atoms with van der Waals surface area (Å²) in [6, 6.07) is 10.8. The summed E-state index contributed by atoms with van der Waals surface area (Å²) in [5.41, 5.74) is 0.135. The molecule has 0 aliphatic carbocycles. The topological polar surface area (TPSA) is 58.2 Å². The molecule has 0 aliphatic heterocycles. The van der Waals surface area contributed by atoms with E-state index in [1.54, 1.807) is 0 Å². The highest BCUT2D eigenvalue weighted by molar-refractivity contribution is 5.99. The summed E-state index contributed by atoms with van der Waals surface area (Å²) in [7, 11) is 0. The highest BCUT2D eigenvalue weighted by Crippen LogP contribution is 2.09. The van der Waals surface area contributed by atoms with E-state index in [1.165, 1.54) is 36.4 Å². The Kier molecular flexibility index (Phi) is 4.61. The summed E-state index contributed by atoms with van der Waals surface area (Å²) in [5.74, 6) is -2.38. The van der Waals surface area contributed by atoms with Crippen molar-refractivity contribution >= 4 is 17.5 Å². The lowest BCUT2D eigenvalue weighted by atomic mass is 10.2. The zero-order chi connectivity index (χ0) is 15.2. The number of amides is 2. The number of rotatable bonds is 4. The van der Waals surface area contributed by atoms with Crippen LogP contribution in [0.15, 0.2) is 48.5 Å². The molecule has 21 heavy (non-hydrogen) atoms. The van der Waals surface area contributed by atoms with Gasteiger partial charge in [-0.3, -0.25) is 9.59 Å². The maximum atomic E-state index is 13.4. The lowest BCUT2D eigenvalue weighted by Gasteiger charge is -2.07. The van der Waals surface area contributed by atoms with Crippen LogP contribution < -0.4 is 10.6 Å². The number of hydrogen-bond acceptors (Lipinski definition) is 2. The molecule has 0 atom stereocenters. The van der Waals surface area contributed by atoms with Gasteiger partial charge in [-0.25, -0.2) is 8.78 Å². The Labute approximate surface area is 119 Å². The molecule has 0 bridgehead atoms. The average molecular weight is 290 g/mol. The number of halogens is 2. The quantitative estimate of drug-likeness (QED) is 0.908. The van der Waals surface area contributed by atoms with Crippen molar-refractivity contribution in [1.82, 2.24) is 5.32 Å². The number of nitrogens with one attached hydrogen (secondary N) is 2. The molecule has 0 aromatic heterocycles. The minimum atomic E-state index is -0.692. The fraction of sp³-hybridized carbons (Fsp3) is 0.0667. The van der Waals surface area contributed by atoms with Crippen molar-refractivity contribution in [2.24, 2.45) is 0 Å². The van der Waals surface area contributed by atoms with Gasteiger partial charge in [-0.15, -0.1) is 0 Å². The first-order valence-corrected chi connectivity index (χ1v) is 6.14. The van der Waals surface area contributed by atoms with Gasteiger partial charge in [0, 0.05) is 5.69 Å². The molecule has 0 radical (unpaired) electrons. The highest BCUT2D eigenvalue weighted by Gasteiger charge is 2.12. The molecule has 4 nitrogen and oxygen atoms in total. The maximum Gasteiger partial charge on any atom is 0.254 e. The third-order valence-electron chi connectivity index (χ3n) is 2.64. The van der Waals surface area contributed by atoms with Crippen molar-refractivity contribution < 1.29 is 18.4 Å². The third-order valence-corrected chi connectivity index (χ3v) is 2.64. The Morgan fingerprint density at radius 1 is 1.00 bits per heavy atom. The van der Waals surface area contributed by atoms with Crippen molar-refractivity contribution in [1.29, 1.82) is 0 Å². The Bertz CT molecular complexity index is 674. The molecule has 6 heteroatoms. The second-order valence-electron chi connectivity index (χ2n) is 4.22. The van der Waals surface area contributed by atoms with Crippen LogP contribution in [0.3, 0.4) is 0 Å². The number of hydrogen-bond donors (Lipinski definition) is 2. The second kappa shape index (κ2) is 6.60. The lowest BCUT2D eigenvalue weighted by molar-refractivity contribution is -0.115. The van der Waals surface area contributed by atoms with Crippen LogP contribution in [0.25, 0.3) is 0 Å². The molecule has 2 amide bonds. The molecule has 0 unspecified atom stereocenters. The number of anilines is 1. The van der Waals surface area contributed by atoms with Gasteiger partial charge >= 0.3 is 0 Å². The standard InChI is InChI=1S/C15H12F2N2O2/c16-10-4-3-5-11(8-10)19-14(20)9-18-15(21)12-6-1-2-7-13(12)17/h1-8H,9H2,(H,18,21)(H,19,20). The van der Waals surface area contributed by atoms with Gasteiger partial charge in [-0.1, -0.05) is 18.2 Å². The number of benzene rings is 2. The minimum absolute atomic E-state index is 0.143. The van der Waals surface area contributed by atoms with Gasteiger partial charge in [0.05, 0.1) is 12.1 Å². The van der Waals surface area contributed by atoms with E-state index in [9.17, 15) is 18.4 Å². The molecule has 108 valence electrons. The molecule has 0 spiro atoms. The maximum absolute atomic E-state index is 13.4. The van der Waals surface area contributed by atoms with Gasteiger partial charge < -0.3 is 10.6 Å². The van der Waals surface area contributed by atoms with Gasteiger partial charge in [-0.2, -0.15) is 0 Å². The van der Waals surface area contributed by atoms with E-state index in [1.807, 2.05) is 0 Å². The summed E-state index contributed by atoms with van der Waals surface area (Å²) >= 11 is 0. The van der Waals surface area contributed by atoms with Crippen LogP contribution in [0.2, 0.25) is 0 Å². The third kappa shape index (κ3) is 4.10. The van der Waals surface area contributed by atoms with E-state index in [4.69, 9.17) is 0 Å². The van der Waals surface area contributed by atoms with Gasteiger partial charge in [0.2, 0.25) is 5.91 Å². The summed E-state index contributed by atoms with van der Waals surface area (Å²) in [4.78, 5) is 23.3. The molecule has 0 fully saturated rings. The minimum Gasteiger partial charge on any atom is -0.343 e. The summed E-state index contributed by atoms with van der Waals surface area (Å²) in [5, 5.41) is 4.71. The van der Waals surface area contributed by atoms with Gasteiger partial charge in [0.1, 0.15) is 11.6 Å². The van der Waals surface area contributed by atoms with Crippen LogP contribution in [0.5, 0.6) is 0 Å². The summed E-state index contributed by atoms with van der Waals surface area (Å²) < 4.78 is 26.3. The van der Waals surface area contributed by atoms with E-state index in [-0.39, 0.29) is 17.8 Å². The largest absolute Gasteiger partial charge is 0.343 e. The number of carbonyl (C=O) groups excluding carboxylic acids is 2. The van der Waals surface area contributed by atoms with Gasteiger partial charge in [-0.05, 0) is 30.3 Å². The van der Waals surface area contributed by atoms with Crippen LogP contribution >= 0.6 is 0 Å². The van der Waals surface area contributed by atoms with Crippen molar-refractivity contribution in [2.75, 3.05) is 11.9 Å². The van der Waals surface area contributed by atoms with Crippen LogP contribution in [-0.4, -0.2) is 18.4 Å².